The van der Waals surface area contributed by atoms with Crippen LogP contribution in [0.1, 0.15) is 41.5 Å². The van der Waals surface area contributed by atoms with Crippen molar-refractivity contribution in [1.29, 1.82) is 0 Å². The van der Waals surface area contributed by atoms with E-state index in [-0.39, 0.29) is 36.4 Å². The molecule has 0 aliphatic carbocycles. The van der Waals surface area contributed by atoms with Crippen molar-refractivity contribution in [2.45, 2.75) is 37.3 Å². The van der Waals surface area contributed by atoms with Gasteiger partial charge in [-0.1, -0.05) is 72.8 Å². The summed E-state index contributed by atoms with van der Waals surface area (Å²) in [6, 6.07) is 27.0. The number of carbonyl (C=O) groups excluding carboxylic acids is 3. The van der Waals surface area contributed by atoms with Crippen molar-refractivity contribution < 1.29 is 19.6 Å². The first-order chi connectivity index (χ1) is 18.0. The molecule has 190 valence electrons. The second-order valence-corrected chi connectivity index (χ2v) is 9.55. The van der Waals surface area contributed by atoms with Crippen molar-refractivity contribution in [3.63, 3.8) is 0 Å². The number of benzene rings is 3. The lowest BCUT2D eigenvalue weighted by Gasteiger charge is -2.53. The van der Waals surface area contributed by atoms with Gasteiger partial charge in [-0.25, -0.2) is 10.3 Å². The minimum Gasteiger partial charge on any atom is -0.331 e. The maximum Gasteiger partial charge on any atom is 0.321 e. The third kappa shape index (κ3) is 5.20. The molecule has 3 aromatic rings. The number of hydroxylamine groups is 1. The highest BCUT2D eigenvalue weighted by Crippen LogP contribution is 2.48. The molecular weight excluding hydrogens is 468 g/mol. The van der Waals surface area contributed by atoms with Gasteiger partial charge in [0.05, 0.1) is 18.4 Å². The van der Waals surface area contributed by atoms with E-state index >= 15 is 0 Å². The van der Waals surface area contributed by atoms with E-state index in [9.17, 15) is 14.4 Å². The second-order valence-electron chi connectivity index (χ2n) is 9.55. The Morgan fingerprint density at radius 1 is 0.838 bits per heavy atom. The maximum absolute atomic E-state index is 13.4. The third-order valence-corrected chi connectivity index (χ3v) is 7.28. The Kier molecular flexibility index (Phi) is 7.18. The molecule has 8 nitrogen and oxygen atoms in total. The van der Waals surface area contributed by atoms with Crippen molar-refractivity contribution >= 4 is 23.5 Å². The molecule has 3 aromatic carbocycles. The number of β-lactam (4-membered cyclic amide) rings is 1. The van der Waals surface area contributed by atoms with E-state index in [4.69, 9.17) is 5.21 Å². The minimum atomic E-state index is -0.495. The van der Waals surface area contributed by atoms with Gasteiger partial charge < -0.3 is 15.1 Å². The largest absolute Gasteiger partial charge is 0.331 e. The zero-order valence-electron chi connectivity index (χ0n) is 20.4. The van der Waals surface area contributed by atoms with Crippen LogP contribution in [0, 0.1) is 0 Å². The van der Waals surface area contributed by atoms with Crippen molar-refractivity contribution in [1.82, 2.24) is 15.3 Å². The summed E-state index contributed by atoms with van der Waals surface area (Å²) in [4.78, 5) is 41.4. The Morgan fingerprint density at radius 3 is 2.03 bits per heavy atom. The molecule has 2 aliphatic rings. The lowest BCUT2D eigenvalue weighted by atomic mass is 9.76. The molecular formula is C29H30N4O4. The van der Waals surface area contributed by atoms with Crippen molar-refractivity contribution in [3.05, 3.63) is 102 Å². The predicted molar refractivity (Wildman–Crippen MR) is 139 cm³/mol. The lowest BCUT2D eigenvalue weighted by Crippen LogP contribution is -2.60. The van der Waals surface area contributed by atoms with Crippen LogP contribution in [0.15, 0.2) is 84.9 Å². The second kappa shape index (κ2) is 10.8. The van der Waals surface area contributed by atoms with Crippen molar-refractivity contribution in [3.8, 4) is 0 Å². The highest BCUT2D eigenvalue weighted by Gasteiger charge is 2.51. The summed E-state index contributed by atoms with van der Waals surface area (Å²) in [5.41, 5.74) is 5.14. The molecule has 2 fully saturated rings. The zero-order valence-corrected chi connectivity index (χ0v) is 20.4. The van der Waals surface area contributed by atoms with Crippen LogP contribution >= 0.6 is 0 Å². The Hall–Kier alpha value is -4.17. The van der Waals surface area contributed by atoms with Crippen LogP contribution in [0.2, 0.25) is 0 Å². The molecule has 3 N–H and O–H groups in total. The van der Waals surface area contributed by atoms with Crippen LogP contribution in [0.4, 0.5) is 10.5 Å². The fraction of sp³-hybridized carbons (Fsp3) is 0.276. The van der Waals surface area contributed by atoms with Gasteiger partial charge in [-0.05, 0) is 41.7 Å². The van der Waals surface area contributed by atoms with Gasteiger partial charge in [0, 0.05) is 24.8 Å². The van der Waals surface area contributed by atoms with Crippen LogP contribution < -0.4 is 10.8 Å². The smallest absolute Gasteiger partial charge is 0.321 e. The first-order valence-electron chi connectivity index (χ1n) is 12.5. The number of amides is 4. The summed E-state index contributed by atoms with van der Waals surface area (Å²) in [5.74, 6) is -0.529. The first-order valence-corrected chi connectivity index (χ1v) is 12.5. The average molecular weight is 499 g/mol. The Bertz CT molecular complexity index is 1240. The molecule has 0 saturated carbocycles. The maximum atomic E-state index is 13.4. The topological polar surface area (TPSA) is 102 Å². The van der Waals surface area contributed by atoms with Crippen LogP contribution in [-0.2, 0) is 16.0 Å². The molecule has 8 heteroatoms. The normalized spacial score (nSPS) is 19.8. The number of nitrogens with one attached hydrogen (secondary N) is 2. The summed E-state index contributed by atoms with van der Waals surface area (Å²) in [6.07, 6.45) is 1.50. The lowest BCUT2D eigenvalue weighted by molar-refractivity contribution is -0.156. The Labute approximate surface area is 215 Å². The average Bonchev–Trinajstić information content (AvgIpc) is 2.94. The molecule has 2 atom stereocenters. The Balaban J connectivity index is 1.21. The summed E-state index contributed by atoms with van der Waals surface area (Å²) in [5, 5.41) is 11.6. The molecule has 2 aliphatic heterocycles. The van der Waals surface area contributed by atoms with Crippen LogP contribution in [0.25, 0.3) is 0 Å². The van der Waals surface area contributed by atoms with Gasteiger partial charge in [0.15, 0.2) is 0 Å². The quantitative estimate of drug-likeness (QED) is 0.271. The predicted octanol–water partition coefficient (Wildman–Crippen LogP) is 4.10. The first kappa shape index (κ1) is 24.5. The molecule has 0 unspecified atom stereocenters. The Morgan fingerprint density at radius 2 is 1.43 bits per heavy atom. The van der Waals surface area contributed by atoms with Gasteiger partial charge in [-0.15, -0.1) is 0 Å². The molecule has 37 heavy (non-hydrogen) atoms. The van der Waals surface area contributed by atoms with Gasteiger partial charge in [0.2, 0.25) is 11.8 Å². The number of piperidine rings is 1. The molecule has 0 bridgehead atoms. The fourth-order valence-corrected chi connectivity index (χ4v) is 5.39. The fourth-order valence-electron chi connectivity index (χ4n) is 5.39. The number of nitrogens with zero attached hydrogens (tertiary/aromatic N) is 2. The van der Waals surface area contributed by atoms with E-state index in [0.29, 0.717) is 18.8 Å². The summed E-state index contributed by atoms with van der Waals surface area (Å²) in [6.45, 7) is 1.12. The van der Waals surface area contributed by atoms with E-state index in [1.54, 1.807) is 34.6 Å². The van der Waals surface area contributed by atoms with Crippen molar-refractivity contribution in [2.75, 3.05) is 18.4 Å². The third-order valence-electron chi connectivity index (χ3n) is 7.28. The monoisotopic (exact) mass is 498 g/mol. The van der Waals surface area contributed by atoms with Crippen LogP contribution in [0.3, 0.4) is 0 Å². The van der Waals surface area contributed by atoms with Gasteiger partial charge in [-0.3, -0.25) is 14.8 Å². The number of anilines is 1. The number of hydrogen-bond acceptors (Lipinski definition) is 4. The molecule has 0 aromatic heterocycles. The van der Waals surface area contributed by atoms with E-state index < -0.39 is 5.91 Å². The van der Waals surface area contributed by atoms with Gasteiger partial charge >= 0.3 is 6.03 Å². The number of hydrogen-bond donors (Lipinski definition) is 3. The molecule has 5 rings (SSSR count). The van der Waals surface area contributed by atoms with Gasteiger partial charge in [-0.2, -0.15) is 0 Å². The SMILES string of the molecule is O=C(Cc1ccc(NC(=O)N2CCC(N3C(=O)[C@H](c4ccccc4)[C@H]3c3ccccc3)CC2)cc1)NO. The van der Waals surface area contributed by atoms with Crippen LogP contribution in [0.5, 0.6) is 0 Å². The summed E-state index contributed by atoms with van der Waals surface area (Å²) >= 11 is 0. The molecule has 2 heterocycles. The standard InChI is InChI=1S/C29H30N4O4/c34-25(31-37)19-20-11-13-23(14-12-20)30-29(36)32-17-15-24(16-18-32)33-27(22-9-5-2-6-10-22)26(28(33)35)21-7-3-1-4-8-21/h1-14,24,26-27,37H,15-19H2,(H,30,36)(H,31,34)/t26-,27-/m1/s1. The highest BCUT2D eigenvalue weighted by atomic mass is 16.5. The van der Waals surface area contributed by atoms with Crippen LogP contribution in [-0.4, -0.2) is 52.0 Å². The van der Waals surface area contributed by atoms with Gasteiger partial charge in [0.1, 0.15) is 0 Å². The number of carbonyl (C=O) groups is 3. The van der Waals surface area contributed by atoms with E-state index in [1.165, 1.54) is 0 Å². The number of urea groups is 1. The highest BCUT2D eigenvalue weighted by molar-refractivity contribution is 5.92. The minimum absolute atomic E-state index is 0.00657. The van der Waals surface area contributed by atoms with E-state index in [2.05, 4.69) is 17.4 Å². The van der Waals surface area contributed by atoms with E-state index in [1.807, 2.05) is 53.4 Å². The molecule has 0 radical (unpaired) electrons. The molecule has 2 saturated heterocycles. The van der Waals surface area contributed by atoms with Gasteiger partial charge in [0.25, 0.3) is 0 Å². The molecule has 4 amide bonds. The summed E-state index contributed by atoms with van der Waals surface area (Å²) < 4.78 is 0. The number of likely N-dealkylation sites (tertiary alicyclic amines) is 2. The van der Waals surface area contributed by atoms with Crippen molar-refractivity contribution in [2.24, 2.45) is 0 Å². The van der Waals surface area contributed by atoms with E-state index in [0.717, 1.165) is 29.5 Å². The molecule has 0 spiro atoms. The summed E-state index contributed by atoms with van der Waals surface area (Å²) in [7, 11) is 0. The zero-order chi connectivity index (χ0) is 25.8. The number of rotatable bonds is 6.